The molecule has 1 atom stereocenters. The second-order valence-electron chi connectivity index (χ2n) is 3.04. The summed E-state index contributed by atoms with van der Waals surface area (Å²) in [7, 11) is 1.33. The molecule has 1 unspecified atom stereocenters. The monoisotopic (exact) mass is 388 g/mol. The number of hydrogen-bond acceptors (Lipinski definition) is 2. The summed E-state index contributed by atoms with van der Waals surface area (Å²) in [6.45, 7) is 0. The first-order chi connectivity index (χ1) is 7.45. The number of halogens is 4. The minimum atomic E-state index is -0.450. The zero-order valence-electron chi connectivity index (χ0n) is 8.27. The second kappa shape index (κ2) is 6.24. The summed E-state index contributed by atoms with van der Waals surface area (Å²) >= 11 is 18.6. The highest BCUT2D eigenvalue weighted by atomic mass is 79.9. The molecule has 1 rings (SSSR count). The summed E-state index contributed by atoms with van der Waals surface area (Å²) in [6, 6.07) is 3.47. The lowest BCUT2D eigenvalue weighted by molar-refractivity contribution is -0.139. The van der Waals surface area contributed by atoms with Gasteiger partial charge in [-0.3, -0.25) is 4.79 Å². The van der Waals surface area contributed by atoms with Gasteiger partial charge in [0.2, 0.25) is 0 Å². The minimum absolute atomic E-state index is 0.352. The molecular formula is C10H8Br2Cl2O2. The summed E-state index contributed by atoms with van der Waals surface area (Å²) in [5.74, 6) is -0.352. The average Bonchev–Trinajstić information content (AvgIpc) is 2.21. The lowest BCUT2D eigenvalue weighted by Crippen LogP contribution is -2.18. The Bertz CT molecular complexity index is 387. The van der Waals surface area contributed by atoms with E-state index in [1.807, 2.05) is 0 Å². The third kappa shape index (κ3) is 3.62. The van der Waals surface area contributed by atoms with Crippen LogP contribution >= 0.6 is 55.1 Å². The first-order valence-electron chi connectivity index (χ1n) is 4.31. The number of hydrogen-bond donors (Lipinski definition) is 0. The fraction of sp³-hybridized carbons (Fsp3) is 0.300. The van der Waals surface area contributed by atoms with Gasteiger partial charge in [-0.25, -0.2) is 0 Å². The Morgan fingerprint density at radius 2 is 1.94 bits per heavy atom. The highest BCUT2D eigenvalue weighted by Gasteiger charge is 2.19. The molecule has 0 bridgehead atoms. The molecule has 0 saturated heterocycles. The highest BCUT2D eigenvalue weighted by molar-refractivity contribution is 9.10. The van der Waals surface area contributed by atoms with Gasteiger partial charge < -0.3 is 4.74 Å². The summed E-state index contributed by atoms with van der Waals surface area (Å²) in [6.07, 6.45) is 0.387. The molecule has 0 spiro atoms. The molecule has 0 aliphatic carbocycles. The SMILES string of the molecule is COC(=O)C(Br)Cc1c(Cl)cc(Br)cc1Cl. The fourth-order valence-corrected chi connectivity index (χ4v) is 3.03. The van der Waals surface area contributed by atoms with Crippen molar-refractivity contribution in [2.24, 2.45) is 0 Å². The molecule has 0 radical (unpaired) electrons. The van der Waals surface area contributed by atoms with E-state index >= 15 is 0 Å². The molecule has 1 aromatic rings. The van der Waals surface area contributed by atoms with Crippen molar-refractivity contribution in [2.45, 2.75) is 11.2 Å². The summed E-state index contributed by atoms with van der Waals surface area (Å²) in [4.78, 5) is 10.8. The molecule has 0 aliphatic heterocycles. The van der Waals surface area contributed by atoms with Crippen LogP contribution in [0, 0.1) is 0 Å². The van der Waals surface area contributed by atoms with Crippen LogP contribution in [0.4, 0.5) is 0 Å². The third-order valence-electron chi connectivity index (χ3n) is 1.95. The number of benzene rings is 1. The normalized spacial score (nSPS) is 12.3. The van der Waals surface area contributed by atoms with Gasteiger partial charge in [-0.05, 0) is 24.1 Å². The Kier molecular flexibility index (Phi) is 5.57. The second-order valence-corrected chi connectivity index (χ2v) is 5.88. The van der Waals surface area contributed by atoms with Crippen LogP contribution in [-0.4, -0.2) is 17.9 Å². The Hall–Kier alpha value is 0.230. The largest absolute Gasteiger partial charge is 0.468 e. The van der Waals surface area contributed by atoms with Crippen LogP contribution in [0.1, 0.15) is 5.56 Å². The van der Waals surface area contributed by atoms with Gasteiger partial charge in [-0.2, -0.15) is 0 Å². The summed E-state index contributed by atoms with van der Waals surface area (Å²) in [5.41, 5.74) is 0.721. The van der Waals surface area contributed by atoms with E-state index in [0.29, 0.717) is 16.5 Å². The highest BCUT2D eigenvalue weighted by Crippen LogP contribution is 2.31. The number of methoxy groups -OCH3 is 1. The van der Waals surface area contributed by atoms with E-state index < -0.39 is 4.83 Å². The Balaban J connectivity index is 2.93. The van der Waals surface area contributed by atoms with E-state index in [9.17, 15) is 4.79 Å². The molecule has 0 heterocycles. The lowest BCUT2D eigenvalue weighted by atomic mass is 10.1. The van der Waals surface area contributed by atoms with Gasteiger partial charge in [0, 0.05) is 14.5 Å². The molecule has 0 fully saturated rings. The van der Waals surface area contributed by atoms with E-state index in [-0.39, 0.29) is 5.97 Å². The maximum absolute atomic E-state index is 11.2. The molecule has 0 saturated carbocycles. The third-order valence-corrected chi connectivity index (χ3v) is 3.78. The van der Waals surface area contributed by atoms with Gasteiger partial charge >= 0.3 is 5.97 Å². The molecule has 0 aliphatic rings. The van der Waals surface area contributed by atoms with Crippen LogP contribution in [0.15, 0.2) is 16.6 Å². The van der Waals surface area contributed by atoms with Crippen molar-refractivity contribution in [1.82, 2.24) is 0 Å². The maximum Gasteiger partial charge on any atom is 0.319 e. The predicted molar refractivity (Wildman–Crippen MR) is 72.6 cm³/mol. The van der Waals surface area contributed by atoms with Crippen molar-refractivity contribution in [3.05, 3.63) is 32.2 Å². The van der Waals surface area contributed by atoms with E-state index in [1.165, 1.54) is 7.11 Å². The Morgan fingerprint density at radius 1 is 1.44 bits per heavy atom. The van der Waals surface area contributed by atoms with Crippen LogP contribution in [-0.2, 0) is 16.0 Å². The van der Waals surface area contributed by atoms with E-state index in [1.54, 1.807) is 12.1 Å². The van der Waals surface area contributed by atoms with Crippen molar-refractivity contribution < 1.29 is 9.53 Å². The van der Waals surface area contributed by atoms with Gasteiger partial charge in [-0.1, -0.05) is 55.1 Å². The van der Waals surface area contributed by atoms with Gasteiger partial charge in [0.05, 0.1) is 7.11 Å². The Morgan fingerprint density at radius 3 is 2.38 bits per heavy atom. The Labute approximate surface area is 121 Å². The van der Waals surface area contributed by atoms with Gasteiger partial charge in [0.15, 0.2) is 0 Å². The molecule has 2 nitrogen and oxygen atoms in total. The minimum Gasteiger partial charge on any atom is -0.468 e. The number of carbonyl (C=O) groups excluding carboxylic acids is 1. The standard InChI is InChI=1S/C10H8Br2Cl2O2/c1-16-10(15)7(12)4-6-8(13)2-5(11)3-9(6)14/h2-3,7H,4H2,1H3. The molecule has 0 amide bonds. The molecule has 88 valence electrons. The zero-order valence-corrected chi connectivity index (χ0v) is 13.0. The average molecular weight is 391 g/mol. The lowest BCUT2D eigenvalue weighted by Gasteiger charge is -2.11. The number of rotatable bonds is 3. The first kappa shape index (κ1) is 14.3. The maximum atomic E-state index is 11.2. The fourth-order valence-electron chi connectivity index (χ4n) is 1.16. The molecule has 16 heavy (non-hydrogen) atoms. The number of alkyl halides is 1. The number of ether oxygens (including phenoxy) is 1. The van der Waals surface area contributed by atoms with Crippen LogP contribution in [0.5, 0.6) is 0 Å². The smallest absolute Gasteiger partial charge is 0.319 e. The van der Waals surface area contributed by atoms with E-state index in [4.69, 9.17) is 23.2 Å². The van der Waals surface area contributed by atoms with Crippen molar-refractivity contribution >= 4 is 61.0 Å². The van der Waals surface area contributed by atoms with Gasteiger partial charge in [-0.15, -0.1) is 0 Å². The van der Waals surface area contributed by atoms with Gasteiger partial charge in [0.25, 0.3) is 0 Å². The molecule has 6 heteroatoms. The molecule has 0 aromatic heterocycles. The summed E-state index contributed by atoms with van der Waals surface area (Å²) in [5, 5.41) is 1.04. The predicted octanol–water partition coefficient (Wildman–Crippen LogP) is 4.23. The van der Waals surface area contributed by atoms with Crippen molar-refractivity contribution in [2.75, 3.05) is 7.11 Å². The molecule has 0 N–H and O–H groups in total. The van der Waals surface area contributed by atoms with Gasteiger partial charge in [0.1, 0.15) is 4.83 Å². The topological polar surface area (TPSA) is 26.3 Å². The van der Waals surface area contributed by atoms with Crippen molar-refractivity contribution in [3.8, 4) is 0 Å². The zero-order chi connectivity index (χ0) is 12.3. The van der Waals surface area contributed by atoms with Crippen molar-refractivity contribution in [3.63, 3.8) is 0 Å². The number of carbonyl (C=O) groups is 1. The van der Waals surface area contributed by atoms with Crippen molar-refractivity contribution in [1.29, 1.82) is 0 Å². The van der Waals surface area contributed by atoms with Crippen LogP contribution in [0.25, 0.3) is 0 Å². The van der Waals surface area contributed by atoms with Crippen LogP contribution < -0.4 is 0 Å². The van der Waals surface area contributed by atoms with E-state index in [0.717, 1.165) is 10.0 Å². The van der Waals surface area contributed by atoms with Crippen LogP contribution in [0.3, 0.4) is 0 Å². The summed E-state index contributed by atoms with van der Waals surface area (Å²) < 4.78 is 5.41. The van der Waals surface area contributed by atoms with Crippen LogP contribution in [0.2, 0.25) is 10.0 Å². The first-order valence-corrected chi connectivity index (χ1v) is 6.77. The van der Waals surface area contributed by atoms with E-state index in [2.05, 4.69) is 36.6 Å². The molecular weight excluding hydrogens is 383 g/mol. The molecule has 1 aromatic carbocycles. The number of esters is 1. The quantitative estimate of drug-likeness (QED) is 0.570.